The number of methoxy groups -OCH3 is 2. The normalized spacial score (nSPS) is 11.5. The summed E-state index contributed by atoms with van der Waals surface area (Å²) in [4.78, 5) is 21.4. The number of nitrogens with zero attached hydrogens (tertiary/aromatic N) is 1. The SMILES string of the molecule is COC(=O)[C@H](C)Oc1cc(OC)ccc1[N+](=O)[O-]. The Bertz CT molecular complexity index is 459. The predicted octanol–water partition coefficient (Wildman–Crippen LogP) is 1.54. The van der Waals surface area contributed by atoms with Crippen LogP contribution in [0.2, 0.25) is 0 Å². The molecule has 1 rings (SSSR count). The largest absolute Gasteiger partial charge is 0.497 e. The standard InChI is InChI=1S/C11H13NO6/c1-7(11(13)17-3)18-10-6-8(16-2)4-5-9(10)12(14)15/h4-7H,1-3H3/t7-/m0/s1. The van der Waals surface area contributed by atoms with Gasteiger partial charge in [-0.15, -0.1) is 0 Å². The van der Waals surface area contributed by atoms with Gasteiger partial charge in [0.15, 0.2) is 6.10 Å². The van der Waals surface area contributed by atoms with Gasteiger partial charge in [-0.05, 0) is 13.0 Å². The summed E-state index contributed by atoms with van der Waals surface area (Å²) in [5.74, 6) is -0.267. The molecule has 0 saturated carbocycles. The molecule has 0 unspecified atom stereocenters. The molecule has 1 atom stereocenters. The quantitative estimate of drug-likeness (QED) is 0.450. The average Bonchev–Trinajstić information content (AvgIpc) is 2.37. The third-order valence-electron chi connectivity index (χ3n) is 2.20. The van der Waals surface area contributed by atoms with E-state index < -0.39 is 17.0 Å². The van der Waals surface area contributed by atoms with Crippen molar-refractivity contribution in [3.63, 3.8) is 0 Å². The van der Waals surface area contributed by atoms with Crippen LogP contribution in [-0.2, 0) is 9.53 Å². The number of ether oxygens (including phenoxy) is 3. The summed E-state index contributed by atoms with van der Waals surface area (Å²) in [7, 11) is 2.64. The zero-order valence-electron chi connectivity index (χ0n) is 10.2. The van der Waals surface area contributed by atoms with Crippen molar-refractivity contribution in [2.24, 2.45) is 0 Å². The number of rotatable bonds is 5. The minimum absolute atomic E-state index is 0.0442. The third kappa shape index (κ3) is 3.09. The lowest BCUT2D eigenvalue weighted by atomic mass is 10.2. The molecular formula is C11H13NO6. The van der Waals surface area contributed by atoms with Crippen LogP contribution in [-0.4, -0.2) is 31.2 Å². The average molecular weight is 255 g/mol. The molecule has 0 aliphatic heterocycles. The number of esters is 1. The van der Waals surface area contributed by atoms with Crippen molar-refractivity contribution in [1.29, 1.82) is 0 Å². The Morgan fingerprint density at radius 2 is 2.06 bits per heavy atom. The molecule has 0 aliphatic carbocycles. The summed E-state index contributed by atoms with van der Waals surface area (Å²) in [6, 6.07) is 4.03. The van der Waals surface area contributed by atoms with E-state index in [1.54, 1.807) is 0 Å². The van der Waals surface area contributed by atoms with Crippen molar-refractivity contribution in [1.82, 2.24) is 0 Å². The molecule has 0 fully saturated rings. The van der Waals surface area contributed by atoms with Gasteiger partial charge in [0, 0.05) is 12.1 Å². The monoisotopic (exact) mass is 255 g/mol. The minimum atomic E-state index is -0.944. The van der Waals surface area contributed by atoms with Crippen LogP contribution < -0.4 is 9.47 Å². The molecular weight excluding hydrogens is 242 g/mol. The number of benzene rings is 1. The first kappa shape index (κ1) is 13.8. The van der Waals surface area contributed by atoms with E-state index in [0.29, 0.717) is 5.75 Å². The van der Waals surface area contributed by atoms with E-state index in [2.05, 4.69) is 4.74 Å². The Kier molecular flexibility index (Phi) is 4.47. The van der Waals surface area contributed by atoms with Crippen molar-refractivity contribution >= 4 is 11.7 Å². The van der Waals surface area contributed by atoms with Gasteiger partial charge in [-0.2, -0.15) is 0 Å². The van der Waals surface area contributed by atoms with Gasteiger partial charge in [0.2, 0.25) is 5.75 Å². The van der Waals surface area contributed by atoms with E-state index in [1.807, 2.05) is 0 Å². The Labute approximate surface area is 103 Å². The molecule has 18 heavy (non-hydrogen) atoms. The maximum atomic E-state index is 11.2. The van der Waals surface area contributed by atoms with Crippen molar-refractivity contribution in [3.8, 4) is 11.5 Å². The van der Waals surface area contributed by atoms with Crippen LogP contribution in [0.25, 0.3) is 0 Å². The Morgan fingerprint density at radius 3 is 2.56 bits per heavy atom. The highest BCUT2D eigenvalue weighted by atomic mass is 16.6. The Morgan fingerprint density at radius 1 is 1.39 bits per heavy atom. The number of hydrogen-bond acceptors (Lipinski definition) is 6. The highest BCUT2D eigenvalue weighted by molar-refractivity contribution is 5.74. The number of carbonyl (C=O) groups excluding carboxylic acids is 1. The summed E-state index contributed by atoms with van der Waals surface area (Å²) >= 11 is 0. The van der Waals surface area contributed by atoms with Gasteiger partial charge in [0.25, 0.3) is 0 Å². The Balaban J connectivity index is 3.04. The van der Waals surface area contributed by atoms with Gasteiger partial charge >= 0.3 is 11.7 Å². The van der Waals surface area contributed by atoms with Crippen LogP contribution in [0.1, 0.15) is 6.92 Å². The maximum absolute atomic E-state index is 11.2. The van der Waals surface area contributed by atoms with E-state index >= 15 is 0 Å². The lowest BCUT2D eigenvalue weighted by molar-refractivity contribution is -0.386. The van der Waals surface area contributed by atoms with Gasteiger partial charge in [-0.1, -0.05) is 0 Å². The highest BCUT2D eigenvalue weighted by Gasteiger charge is 2.22. The second kappa shape index (κ2) is 5.85. The van der Waals surface area contributed by atoms with Crippen LogP contribution in [0, 0.1) is 10.1 Å². The summed E-state index contributed by atoms with van der Waals surface area (Å²) in [6.07, 6.45) is -0.944. The van der Waals surface area contributed by atoms with Crippen molar-refractivity contribution in [2.45, 2.75) is 13.0 Å². The fourth-order valence-electron chi connectivity index (χ4n) is 1.27. The van der Waals surface area contributed by atoms with Crippen LogP contribution in [0.3, 0.4) is 0 Å². The molecule has 7 nitrogen and oxygen atoms in total. The molecule has 0 aliphatic rings. The molecule has 0 spiro atoms. The molecule has 0 saturated heterocycles. The first-order chi connectivity index (χ1) is 8.49. The van der Waals surface area contributed by atoms with Gasteiger partial charge in [-0.25, -0.2) is 4.79 Å². The lowest BCUT2D eigenvalue weighted by Gasteiger charge is -2.13. The van der Waals surface area contributed by atoms with Crippen molar-refractivity contribution in [3.05, 3.63) is 28.3 Å². The summed E-state index contributed by atoms with van der Waals surface area (Å²) in [6.45, 7) is 1.44. The summed E-state index contributed by atoms with van der Waals surface area (Å²) < 4.78 is 14.6. The first-order valence-electron chi connectivity index (χ1n) is 5.06. The van der Waals surface area contributed by atoms with Crippen LogP contribution >= 0.6 is 0 Å². The van der Waals surface area contributed by atoms with Gasteiger partial charge in [0.05, 0.1) is 19.1 Å². The number of nitro benzene ring substituents is 1. The zero-order valence-corrected chi connectivity index (χ0v) is 10.2. The molecule has 0 N–H and O–H groups in total. The Hall–Kier alpha value is -2.31. The highest BCUT2D eigenvalue weighted by Crippen LogP contribution is 2.31. The zero-order chi connectivity index (χ0) is 13.7. The minimum Gasteiger partial charge on any atom is -0.497 e. The number of nitro groups is 1. The van der Waals surface area contributed by atoms with E-state index in [1.165, 1.54) is 39.3 Å². The van der Waals surface area contributed by atoms with Gasteiger partial charge in [0.1, 0.15) is 5.75 Å². The fourth-order valence-corrected chi connectivity index (χ4v) is 1.27. The molecule has 98 valence electrons. The van der Waals surface area contributed by atoms with Crippen molar-refractivity contribution in [2.75, 3.05) is 14.2 Å². The smallest absolute Gasteiger partial charge is 0.346 e. The maximum Gasteiger partial charge on any atom is 0.346 e. The fraction of sp³-hybridized carbons (Fsp3) is 0.364. The third-order valence-corrected chi connectivity index (χ3v) is 2.20. The predicted molar refractivity (Wildman–Crippen MR) is 61.8 cm³/mol. The van der Waals surface area contributed by atoms with E-state index in [4.69, 9.17) is 9.47 Å². The molecule has 1 aromatic rings. The topological polar surface area (TPSA) is 87.9 Å². The molecule has 1 aromatic carbocycles. The van der Waals surface area contributed by atoms with Crippen LogP contribution in [0.5, 0.6) is 11.5 Å². The first-order valence-corrected chi connectivity index (χ1v) is 5.06. The molecule has 0 bridgehead atoms. The molecule has 0 aromatic heterocycles. The van der Waals surface area contributed by atoms with E-state index in [9.17, 15) is 14.9 Å². The second-order valence-electron chi connectivity index (χ2n) is 3.37. The van der Waals surface area contributed by atoms with Gasteiger partial charge < -0.3 is 14.2 Å². The number of hydrogen-bond donors (Lipinski definition) is 0. The number of carbonyl (C=O) groups is 1. The summed E-state index contributed by atoms with van der Waals surface area (Å²) in [5, 5.41) is 10.8. The van der Waals surface area contributed by atoms with Crippen LogP contribution in [0.15, 0.2) is 18.2 Å². The van der Waals surface area contributed by atoms with Crippen LogP contribution in [0.4, 0.5) is 5.69 Å². The second-order valence-corrected chi connectivity index (χ2v) is 3.37. The molecule has 7 heteroatoms. The van der Waals surface area contributed by atoms with Gasteiger partial charge in [-0.3, -0.25) is 10.1 Å². The van der Waals surface area contributed by atoms with E-state index in [0.717, 1.165) is 0 Å². The molecule has 0 amide bonds. The molecule has 0 radical (unpaired) electrons. The molecule has 0 heterocycles. The van der Waals surface area contributed by atoms with Crippen molar-refractivity contribution < 1.29 is 23.9 Å². The summed E-state index contributed by atoms with van der Waals surface area (Å²) in [5.41, 5.74) is -0.244. The van der Waals surface area contributed by atoms with E-state index in [-0.39, 0.29) is 11.4 Å². The lowest BCUT2D eigenvalue weighted by Crippen LogP contribution is -2.25.